The first-order valence-corrected chi connectivity index (χ1v) is 9.53. The van der Waals surface area contributed by atoms with Crippen LogP contribution in [0.5, 0.6) is 0 Å². The zero-order valence-corrected chi connectivity index (χ0v) is 14.6. The molecule has 24 heavy (non-hydrogen) atoms. The Morgan fingerprint density at radius 3 is 3.21 bits per heavy atom. The number of carbonyl (C=O) groups is 1. The quantitative estimate of drug-likeness (QED) is 0.845. The molecule has 1 atom stereocenters. The van der Waals surface area contributed by atoms with E-state index < -0.39 is 0 Å². The largest absolute Gasteiger partial charge is 0.337 e. The van der Waals surface area contributed by atoms with E-state index in [2.05, 4.69) is 26.4 Å². The highest BCUT2D eigenvalue weighted by Gasteiger charge is 2.26. The molecule has 7 heteroatoms. The number of carbonyl (C=O) groups excluding carboxylic acids is 1. The van der Waals surface area contributed by atoms with Gasteiger partial charge in [-0.3, -0.25) is 14.4 Å². The van der Waals surface area contributed by atoms with Gasteiger partial charge in [-0.25, -0.2) is 4.98 Å². The van der Waals surface area contributed by atoms with Crippen molar-refractivity contribution in [1.82, 2.24) is 24.6 Å². The third-order valence-corrected chi connectivity index (χ3v) is 6.06. The number of likely N-dealkylation sites (tertiary alicyclic amines) is 1. The van der Waals surface area contributed by atoms with Crippen LogP contribution in [0.3, 0.4) is 0 Å². The minimum absolute atomic E-state index is 0.272. The maximum atomic E-state index is 12.7. The van der Waals surface area contributed by atoms with Crippen molar-refractivity contribution in [2.75, 3.05) is 26.2 Å². The summed E-state index contributed by atoms with van der Waals surface area (Å²) in [7, 11) is 0. The van der Waals surface area contributed by atoms with Crippen molar-refractivity contribution in [3.8, 4) is 0 Å². The highest BCUT2D eigenvalue weighted by molar-refractivity contribution is 7.10. The minimum Gasteiger partial charge on any atom is -0.337 e. The van der Waals surface area contributed by atoms with Gasteiger partial charge in [0.1, 0.15) is 12.7 Å². The molecule has 0 N–H and O–H groups in total. The highest BCUT2D eigenvalue weighted by atomic mass is 32.1. The third-order valence-electron chi connectivity index (χ3n) is 5.03. The van der Waals surface area contributed by atoms with Gasteiger partial charge in [-0.15, -0.1) is 11.3 Å². The van der Waals surface area contributed by atoms with Crippen molar-refractivity contribution < 1.29 is 4.79 Å². The molecule has 0 unspecified atom stereocenters. The first kappa shape index (κ1) is 15.8. The summed E-state index contributed by atoms with van der Waals surface area (Å²) in [5.74, 6) is 0.825. The molecule has 1 saturated heterocycles. The number of rotatable bonds is 4. The fourth-order valence-electron chi connectivity index (χ4n) is 3.79. The number of piperidine rings is 1. The average molecular weight is 345 g/mol. The number of hydrogen-bond acceptors (Lipinski definition) is 5. The van der Waals surface area contributed by atoms with Crippen molar-refractivity contribution in [2.24, 2.45) is 5.92 Å². The van der Waals surface area contributed by atoms with Crippen LogP contribution in [0.1, 0.15) is 23.3 Å². The molecule has 0 radical (unpaired) electrons. The van der Waals surface area contributed by atoms with E-state index in [-0.39, 0.29) is 5.91 Å². The SMILES string of the molecule is O=C(CN1CCC[C@H](Cn2cncn2)C1)N1CCc2sccc2C1. The van der Waals surface area contributed by atoms with Crippen molar-refractivity contribution in [2.45, 2.75) is 32.4 Å². The fourth-order valence-corrected chi connectivity index (χ4v) is 4.68. The Morgan fingerprint density at radius 2 is 2.33 bits per heavy atom. The van der Waals surface area contributed by atoms with Crippen LogP contribution in [0, 0.1) is 5.92 Å². The summed E-state index contributed by atoms with van der Waals surface area (Å²) in [6, 6.07) is 2.16. The lowest BCUT2D eigenvalue weighted by molar-refractivity contribution is -0.133. The van der Waals surface area contributed by atoms with Gasteiger partial charge in [-0.1, -0.05) is 0 Å². The monoisotopic (exact) mass is 345 g/mol. The Kier molecular flexibility index (Phi) is 4.62. The lowest BCUT2D eigenvalue weighted by atomic mass is 9.98. The van der Waals surface area contributed by atoms with Crippen LogP contribution in [0.15, 0.2) is 24.1 Å². The molecular formula is C17H23N5OS. The molecule has 0 aromatic carbocycles. The van der Waals surface area contributed by atoms with Crippen molar-refractivity contribution >= 4 is 17.2 Å². The topological polar surface area (TPSA) is 54.3 Å². The molecule has 128 valence electrons. The molecule has 0 aliphatic carbocycles. The second kappa shape index (κ2) is 7.03. The molecule has 2 aromatic rings. The molecule has 1 fully saturated rings. The minimum atomic E-state index is 0.272. The molecule has 0 saturated carbocycles. The Labute approximate surface area is 146 Å². The number of hydrogen-bond donors (Lipinski definition) is 0. The van der Waals surface area contributed by atoms with Gasteiger partial charge in [0.05, 0.1) is 6.54 Å². The van der Waals surface area contributed by atoms with Crippen LogP contribution in [0.25, 0.3) is 0 Å². The lowest BCUT2D eigenvalue weighted by Gasteiger charge is -2.34. The van der Waals surface area contributed by atoms with Gasteiger partial charge in [-0.05, 0) is 48.7 Å². The Hall–Kier alpha value is -1.73. The molecule has 6 nitrogen and oxygen atoms in total. The van der Waals surface area contributed by atoms with Crippen LogP contribution in [0.4, 0.5) is 0 Å². The smallest absolute Gasteiger partial charge is 0.237 e. The summed E-state index contributed by atoms with van der Waals surface area (Å²) in [5, 5.41) is 6.34. The van der Waals surface area contributed by atoms with E-state index in [9.17, 15) is 4.79 Å². The van der Waals surface area contributed by atoms with Crippen LogP contribution in [-0.4, -0.2) is 56.7 Å². The predicted molar refractivity (Wildman–Crippen MR) is 92.6 cm³/mol. The molecule has 1 amide bonds. The standard InChI is InChI=1S/C17H23N5OS/c23-17(21-6-3-16-15(10-21)4-7-24-16)11-20-5-1-2-14(8-20)9-22-13-18-12-19-22/h4,7,12-14H,1-3,5-6,8-11H2/t14-/m0/s1. The van der Waals surface area contributed by atoms with E-state index in [0.717, 1.165) is 45.6 Å². The van der Waals surface area contributed by atoms with Crippen LogP contribution in [0.2, 0.25) is 0 Å². The number of thiophene rings is 1. The third kappa shape index (κ3) is 3.52. The summed E-state index contributed by atoms with van der Waals surface area (Å²) >= 11 is 1.81. The number of aromatic nitrogens is 3. The summed E-state index contributed by atoms with van der Waals surface area (Å²) in [6.45, 7) is 5.09. The van der Waals surface area contributed by atoms with Crippen molar-refractivity contribution in [1.29, 1.82) is 0 Å². The van der Waals surface area contributed by atoms with Gasteiger partial charge in [-0.2, -0.15) is 5.10 Å². The van der Waals surface area contributed by atoms with E-state index in [1.54, 1.807) is 12.7 Å². The summed E-state index contributed by atoms with van der Waals surface area (Å²) in [6.07, 6.45) is 6.72. The van der Waals surface area contributed by atoms with Crippen LogP contribution >= 0.6 is 11.3 Å². The molecule has 2 aromatic heterocycles. The molecule has 0 bridgehead atoms. The number of amides is 1. The van der Waals surface area contributed by atoms with E-state index in [1.807, 2.05) is 20.9 Å². The van der Waals surface area contributed by atoms with Crippen molar-refractivity contribution in [3.63, 3.8) is 0 Å². The predicted octanol–water partition coefficient (Wildman–Crippen LogP) is 1.64. The summed E-state index contributed by atoms with van der Waals surface area (Å²) < 4.78 is 1.90. The van der Waals surface area contributed by atoms with E-state index >= 15 is 0 Å². The van der Waals surface area contributed by atoms with Gasteiger partial charge in [0, 0.05) is 31.1 Å². The van der Waals surface area contributed by atoms with Gasteiger partial charge in [0.25, 0.3) is 0 Å². The van der Waals surface area contributed by atoms with Crippen LogP contribution < -0.4 is 0 Å². The van der Waals surface area contributed by atoms with Gasteiger partial charge >= 0.3 is 0 Å². The molecule has 0 spiro atoms. The Bertz CT molecular complexity index is 683. The lowest BCUT2D eigenvalue weighted by Crippen LogP contribution is -2.46. The zero-order valence-electron chi connectivity index (χ0n) is 13.8. The molecule has 4 heterocycles. The van der Waals surface area contributed by atoms with E-state index in [4.69, 9.17) is 0 Å². The van der Waals surface area contributed by atoms with Gasteiger partial charge in [0.2, 0.25) is 5.91 Å². The number of nitrogens with zero attached hydrogens (tertiary/aromatic N) is 5. The Morgan fingerprint density at radius 1 is 1.38 bits per heavy atom. The van der Waals surface area contributed by atoms with Gasteiger partial charge in [0.15, 0.2) is 0 Å². The zero-order chi connectivity index (χ0) is 16.4. The summed E-state index contributed by atoms with van der Waals surface area (Å²) in [5.41, 5.74) is 1.34. The van der Waals surface area contributed by atoms with Crippen LogP contribution in [-0.2, 0) is 24.3 Å². The maximum absolute atomic E-state index is 12.7. The second-order valence-electron chi connectivity index (χ2n) is 6.80. The normalized spacial score (nSPS) is 21.7. The molecule has 4 rings (SSSR count). The van der Waals surface area contributed by atoms with Gasteiger partial charge < -0.3 is 4.90 Å². The fraction of sp³-hybridized carbons (Fsp3) is 0.588. The first-order valence-electron chi connectivity index (χ1n) is 8.66. The molecular weight excluding hydrogens is 322 g/mol. The second-order valence-corrected chi connectivity index (χ2v) is 7.80. The maximum Gasteiger partial charge on any atom is 0.237 e. The molecule has 2 aliphatic heterocycles. The highest BCUT2D eigenvalue weighted by Crippen LogP contribution is 2.24. The summed E-state index contributed by atoms with van der Waals surface area (Å²) in [4.78, 5) is 22.5. The first-order chi connectivity index (χ1) is 11.8. The van der Waals surface area contributed by atoms with E-state index in [1.165, 1.54) is 16.9 Å². The Balaban J connectivity index is 1.31. The molecule has 2 aliphatic rings. The number of fused-ring (bicyclic) bond motifs is 1. The van der Waals surface area contributed by atoms with Crippen molar-refractivity contribution in [3.05, 3.63) is 34.5 Å². The van der Waals surface area contributed by atoms with E-state index in [0.29, 0.717) is 12.5 Å². The average Bonchev–Trinajstić information content (AvgIpc) is 3.25.